The van der Waals surface area contributed by atoms with E-state index in [2.05, 4.69) is 5.32 Å². The number of carbonyl (C=O) groups is 3. The van der Waals surface area contributed by atoms with E-state index in [1.165, 1.54) is 6.92 Å². The Balaban J connectivity index is 4.26. The van der Waals surface area contributed by atoms with Gasteiger partial charge in [0.2, 0.25) is 0 Å². The van der Waals surface area contributed by atoms with Gasteiger partial charge in [-0.25, -0.2) is 9.86 Å². The van der Waals surface area contributed by atoms with Crippen molar-refractivity contribution in [1.29, 1.82) is 0 Å². The van der Waals surface area contributed by atoms with Crippen LogP contribution in [0.15, 0.2) is 0 Å². The lowest BCUT2D eigenvalue weighted by molar-refractivity contribution is -0.169. The van der Waals surface area contributed by atoms with E-state index < -0.39 is 29.6 Å². The standard InChI is InChI=1S/C11H20N2O6/c1-7(12-10(17)19-11(2,3)4)9(16)13(18)6-5-8(14)15/h7,18H,5-6H2,1-4H3,(H,12,17)(H,14,15)/t7-/m0/s1. The monoisotopic (exact) mass is 276 g/mol. The Bertz CT molecular complexity index is 350. The number of ether oxygens (including phenoxy) is 1. The molecule has 2 amide bonds. The molecule has 0 unspecified atom stereocenters. The van der Waals surface area contributed by atoms with Gasteiger partial charge in [0.15, 0.2) is 0 Å². The number of hydroxylamine groups is 2. The number of amides is 2. The highest BCUT2D eigenvalue weighted by Crippen LogP contribution is 2.07. The molecule has 3 N–H and O–H groups in total. The summed E-state index contributed by atoms with van der Waals surface area (Å²) in [6.07, 6.45) is -1.18. The fraction of sp³-hybridized carbons (Fsp3) is 0.727. The summed E-state index contributed by atoms with van der Waals surface area (Å²) in [6.45, 7) is 6.02. The minimum absolute atomic E-state index is 0.260. The highest BCUT2D eigenvalue weighted by molar-refractivity contribution is 5.84. The summed E-state index contributed by atoms with van der Waals surface area (Å²) in [5.74, 6) is -1.95. The third-order valence-electron chi connectivity index (χ3n) is 1.90. The minimum atomic E-state index is -1.14. The lowest BCUT2D eigenvalue weighted by atomic mass is 10.2. The minimum Gasteiger partial charge on any atom is -0.481 e. The van der Waals surface area contributed by atoms with E-state index in [1.54, 1.807) is 20.8 Å². The quantitative estimate of drug-likeness (QED) is 0.500. The van der Waals surface area contributed by atoms with Crippen molar-refractivity contribution in [2.45, 2.75) is 45.8 Å². The topological polar surface area (TPSA) is 116 Å². The molecule has 0 radical (unpaired) electrons. The van der Waals surface area contributed by atoms with Crippen molar-refractivity contribution in [3.8, 4) is 0 Å². The largest absolute Gasteiger partial charge is 0.481 e. The third kappa shape index (κ3) is 7.98. The van der Waals surface area contributed by atoms with Crippen molar-refractivity contribution in [3.05, 3.63) is 0 Å². The number of aliphatic carboxylic acids is 1. The molecule has 8 heteroatoms. The Morgan fingerprint density at radius 2 is 1.84 bits per heavy atom. The van der Waals surface area contributed by atoms with Crippen LogP contribution in [0.1, 0.15) is 34.1 Å². The average Bonchev–Trinajstić information content (AvgIpc) is 2.21. The molecule has 19 heavy (non-hydrogen) atoms. The average molecular weight is 276 g/mol. The van der Waals surface area contributed by atoms with Crippen LogP contribution in [-0.4, -0.2) is 51.5 Å². The summed E-state index contributed by atoms with van der Waals surface area (Å²) in [4.78, 5) is 33.2. The molecule has 0 aromatic rings. The molecule has 1 atom stereocenters. The van der Waals surface area contributed by atoms with Gasteiger partial charge in [0, 0.05) is 0 Å². The van der Waals surface area contributed by atoms with E-state index in [-0.39, 0.29) is 18.0 Å². The fourth-order valence-corrected chi connectivity index (χ4v) is 1.08. The molecule has 0 saturated heterocycles. The van der Waals surface area contributed by atoms with Gasteiger partial charge in [0.05, 0.1) is 13.0 Å². The van der Waals surface area contributed by atoms with Crippen molar-refractivity contribution in [1.82, 2.24) is 10.4 Å². The number of hydrogen-bond acceptors (Lipinski definition) is 5. The first kappa shape index (κ1) is 17.2. The number of carboxylic acids is 1. The zero-order valence-electron chi connectivity index (χ0n) is 11.5. The molecule has 110 valence electrons. The van der Waals surface area contributed by atoms with E-state index in [0.717, 1.165) is 0 Å². The van der Waals surface area contributed by atoms with Crippen molar-refractivity contribution in [2.24, 2.45) is 0 Å². The molecule has 0 bridgehead atoms. The van der Waals surface area contributed by atoms with E-state index in [1.807, 2.05) is 0 Å². The molecule has 0 aliphatic rings. The van der Waals surface area contributed by atoms with Gasteiger partial charge < -0.3 is 15.2 Å². The molecule has 0 saturated carbocycles. The van der Waals surface area contributed by atoms with Crippen LogP contribution in [0, 0.1) is 0 Å². The molecule has 0 aliphatic carbocycles. The SMILES string of the molecule is C[C@H](NC(=O)OC(C)(C)C)C(=O)N(O)CCC(=O)O. The number of nitrogens with zero attached hydrogens (tertiary/aromatic N) is 1. The smallest absolute Gasteiger partial charge is 0.408 e. The normalized spacial score (nSPS) is 12.5. The maximum atomic E-state index is 11.6. The number of alkyl carbamates (subject to hydrolysis) is 1. The number of nitrogens with one attached hydrogen (secondary N) is 1. The Hall–Kier alpha value is -1.83. The fourth-order valence-electron chi connectivity index (χ4n) is 1.08. The molecule has 0 aromatic heterocycles. The van der Waals surface area contributed by atoms with Crippen LogP contribution in [0.5, 0.6) is 0 Å². The number of carbonyl (C=O) groups excluding carboxylic acids is 2. The van der Waals surface area contributed by atoms with Crippen molar-refractivity contribution in [2.75, 3.05) is 6.54 Å². The molecule has 0 fully saturated rings. The number of carboxylic acid groups (broad SMARTS) is 1. The van der Waals surface area contributed by atoms with Gasteiger partial charge in [-0.2, -0.15) is 0 Å². The Morgan fingerprint density at radius 3 is 2.26 bits per heavy atom. The van der Waals surface area contributed by atoms with Crippen LogP contribution in [-0.2, 0) is 14.3 Å². The molecular weight excluding hydrogens is 256 g/mol. The maximum absolute atomic E-state index is 11.6. The first-order valence-corrected chi connectivity index (χ1v) is 5.74. The van der Waals surface area contributed by atoms with Gasteiger partial charge in [-0.05, 0) is 27.7 Å². The first-order chi connectivity index (χ1) is 8.53. The molecule has 0 aromatic carbocycles. The van der Waals surface area contributed by atoms with E-state index in [4.69, 9.17) is 9.84 Å². The van der Waals surface area contributed by atoms with Crippen molar-refractivity contribution < 1.29 is 29.4 Å². The van der Waals surface area contributed by atoms with E-state index in [9.17, 15) is 19.6 Å². The van der Waals surface area contributed by atoms with Crippen LogP contribution >= 0.6 is 0 Å². The summed E-state index contributed by atoms with van der Waals surface area (Å²) in [5.41, 5.74) is -0.699. The maximum Gasteiger partial charge on any atom is 0.408 e. The summed E-state index contributed by atoms with van der Waals surface area (Å²) < 4.78 is 4.94. The predicted molar refractivity (Wildman–Crippen MR) is 64.6 cm³/mol. The van der Waals surface area contributed by atoms with Crippen molar-refractivity contribution in [3.63, 3.8) is 0 Å². The van der Waals surface area contributed by atoms with Crippen LogP contribution in [0.4, 0.5) is 4.79 Å². The Labute approximate surface area is 111 Å². The van der Waals surface area contributed by atoms with Crippen LogP contribution in [0.2, 0.25) is 0 Å². The van der Waals surface area contributed by atoms with Crippen LogP contribution in [0.3, 0.4) is 0 Å². The van der Waals surface area contributed by atoms with E-state index in [0.29, 0.717) is 0 Å². The van der Waals surface area contributed by atoms with Gasteiger partial charge in [0.1, 0.15) is 11.6 Å². The van der Waals surface area contributed by atoms with Gasteiger partial charge in [-0.15, -0.1) is 0 Å². The van der Waals surface area contributed by atoms with Gasteiger partial charge in [0.25, 0.3) is 5.91 Å². The lowest BCUT2D eigenvalue weighted by Crippen LogP contribution is -2.47. The summed E-state index contributed by atoms with van der Waals surface area (Å²) in [5, 5.41) is 20.2. The summed E-state index contributed by atoms with van der Waals surface area (Å²) >= 11 is 0. The summed E-state index contributed by atoms with van der Waals surface area (Å²) in [7, 11) is 0. The highest BCUT2D eigenvalue weighted by Gasteiger charge is 2.24. The van der Waals surface area contributed by atoms with Crippen molar-refractivity contribution >= 4 is 18.0 Å². The number of hydrogen-bond donors (Lipinski definition) is 3. The predicted octanol–water partition coefficient (Wildman–Crippen LogP) is 0.592. The molecule has 0 aliphatic heterocycles. The van der Waals surface area contributed by atoms with E-state index >= 15 is 0 Å². The zero-order chi connectivity index (χ0) is 15.2. The third-order valence-corrected chi connectivity index (χ3v) is 1.90. The Morgan fingerprint density at radius 1 is 1.32 bits per heavy atom. The second-order valence-electron chi connectivity index (χ2n) is 4.97. The van der Waals surface area contributed by atoms with Crippen LogP contribution < -0.4 is 5.32 Å². The first-order valence-electron chi connectivity index (χ1n) is 5.74. The molecular formula is C11H20N2O6. The van der Waals surface area contributed by atoms with Gasteiger partial charge >= 0.3 is 12.1 Å². The molecule has 0 rings (SSSR count). The Kier molecular flexibility index (Phi) is 6.26. The van der Waals surface area contributed by atoms with Crippen LogP contribution in [0.25, 0.3) is 0 Å². The summed E-state index contributed by atoms with van der Waals surface area (Å²) in [6, 6.07) is -1.02. The van der Waals surface area contributed by atoms with Gasteiger partial charge in [-0.3, -0.25) is 14.8 Å². The highest BCUT2D eigenvalue weighted by atomic mass is 16.6. The molecule has 0 spiro atoms. The molecule has 0 heterocycles. The van der Waals surface area contributed by atoms with Gasteiger partial charge in [-0.1, -0.05) is 0 Å². The molecule has 8 nitrogen and oxygen atoms in total. The zero-order valence-corrected chi connectivity index (χ0v) is 11.5. The second-order valence-corrected chi connectivity index (χ2v) is 4.97. The lowest BCUT2D eigenvalue weighted by Gasteiger charge is -2.23. The number of rotatable bonds is 5. The second kappa shape index (κ2) is 6.93.